The van der Waals surface area contributed by atoms with Crippen molar-refractivity contribution in [3.63, 3.8) is 0 Å². The Hall–Kier alpha value is -0.750. The fourth-order valence-corrected chi connectivity index (χ4v) is 2.00. The molecule has 16 heavy (non-hydrogen) atoms. The Bertz CT molecular complexity index is 258. The number of rotatable bonds is 1. The summed E-state index contributed by atoms with van der Waals surface area (Å²) in [5, 5.41) is 3.03. The summed E-state index contributed by atoms with van der Waals surface area (Å²) in [6.07, 6.45) is -0.460. The molecule has 1 N–H and O–H groups in total. The van der Waals surface area contributed by atoms with Crippen LogP contribution in [0.15, 0.2) is 0 Å². The Morgan fingerprint density at radius 2 is 2.06 bits per heavy atom. The number of piperidine rings is 1. The molecular weight excluding hydrogens is 218 g/mol. The molecule has 0 aromatic carbocycles. The Morgan fingerprint density at radius 3 is 2.62 bits per heavy atom. The van der Waals surface area contributed by atoms with Crippen molar-refractivity contribution in [1.82, 2.24) is 10.2 Å². The van der Waals surface area contributed by atoms with E-state index >= 15 is 0 Å². The molecule has 2 aliphatic rings. The first kappa shape index (κ1) is 11.7. The fourth-order valence-electron chi connectivity index (χ4n) is 2.00. The first-order valence-electron chi connectivity index (χ1n) is 5.56. The van der Waals surface area contributed by atoms with Gasteiger partial charge in [-0.25, -0.2) is 8.78 Å². The average Bonchev–Trinajstić information content (AvgIpc) is 2.29. The lowest BCUT2D eigenvalue weighted by molar-refractivity contribution is -0.142. The highest BCUT2D eigenvalue weighted by atomic mass is 19.3. The first-order valence-corrected chi connectivity index (χ1v) is 5.56. The van der Waals surface area contributed by atoms with Crippen molar-refractivity contribution < 1.29 is 18.3 Å². The lowest BCUT2D eigenvalue weighted by Gasteiger charge is -2.35. The van der Waals surface area contributed by atoms with E-state index in [-0.39, 0.29) is 37.9 Å². The molecule has 92 valence electrons. The maximum Gasteiger partial charge on any atom is 0.251 e. The molecule has 1 unspecified atom stereocenters. The molecule has 6 heteroatoms. The minimum absolute atomic E-state index is 0.116. The highest BCUT2D eigenvalue weighted by molar-refractivity contribution is 5.82. The van der Waals surface area contributed by atoms with Crippen LogP contribution in [0.25, 0.3) is 0 Å². The summed E-state index contributed by atoms with van der Waals surface area (Å²) in [6, 6.07) is -0.361. The summed E-state index contributed by atoms with van der Waals surface area (Å²) in [7, 11) is 0. The number of nitrogens with zero attached hydrogens (tertiary/aromatic N) is 1. The molecule has 2 saturated heterocycles. The molecule has 1 amide bonds. The predicted molar refractivity (Wildman–Crippen MR) is 53.4 cm³/mol. The van der Waals surface area contributed by atoms with Crippen LogP contribution in [0.3, 0.4) is 0 Å². The molecule has 2 fully saturated rings. The van der Waals surface area contributed by atoms with E-state index in [9.17, 15) is 13.6 Å². The molecule has 1 atom stereocenters. The summed E-state index contributed by atoms with van der Waals surface area (Å²) < 4.78 is 31.0. The van der Waals surface area contributed by atoms with Gasteiger partial charge in [-0.2, -0.15) is 0 Å². The topological polar surface area (TPSA) is 41.6 Å². The summed E-state index contributed by atoms with van der Waals surface area (Å²) >= 11 is 0. The van der Waals surface area contributed by atoms with Crippen LogP contribution < -0.4 is 5.32 Å². The Balaban J connectivity index is 1.86. The lowest BCUT2D eigenvalue weighted by Crippen LogP contribution is -2.55. The quantitative estimate of drug-likeness (QED) is 0.706. The normalized spacial score (nSPS) is 30.1. The molecule has 0 spiro atoms. The van der Waals surface area contributed by atoms with Crippen molar-refractivity contribution in [2.24, 2.45) is 0 Å². The van der Waals surface area contributed by atoms with E-state index in [0.717, 1.165) is 0 Å². The zero-order chi connectivity index (χ0) is 11.6. The number of hydrogen-bond donors (Lipinski definition) is 1. The largest absolute Gasteiger partial charge is 0.378 e. The van der Waals surface area contributed by atoms with E-state index < -0.39 is 5.92 Å². The van der Waals surface area contributed by atoms with Crippen LogP contribution in [0.2, 0.25) is 0 Å². The van der Waals surface area contributed by atoms with Gasteiger partial charge in [0.2, 0.25) is 5.91 Å². The monoisotopic (exact) mass is 234 g/mol. The van der Waals surface area contributed by atoms with Crippen LogP contribution in [-0.4, -0.2) is 55.6 Å². The highest BCUT2D eigenvalue weighted by Gasteiger charge is 2.37. The third-order valence-electron chi connectivity index (χ3n) is 3.03. The van der Waals surface area contributed by atoms with Crippen molar-refractivity contribution >= 4 is 5.91 Å². The van der Waals surface area contributed by atoms with Gasteiger partial charge in [-0.15, -0.1) is 0 Å². The van der Waals surface area contributed by atoms with Gasteiger partial charge < -0.3 is 15.0 Å². The Labute approximate surface area is 92.9 Å². The van der Waals surface area contributed by atoms with Crippen molar-refractivity contribution in [3.05, 3.63) is 0 Å². The molecule has 0 saturated carbocycles. The van der Waals surface area contributed by atoms with Gasteiger partial charge in [-0.05, 0) is 0 Å². The van der Waals surface area contributed by atoms with E-state index in [1.54, 1.807) is 0 Å². The van der Waals surface area contributed by atoms with Gasteiger partial charge >= 0.3 is 0 Å². The molecular formula is C10H16F2N2O2. The molecule has 2 aliphatic heterocycles. The molecule has 4 nitrogen and oxygen atoms in total. The van der Waals surface area contributed by atoms with Crippen molar-refractivity contribution in [1.29, 1.82) is 0 Å². The van der Waals surface area contributed by atoms with Gasteiger partial charge in [0, 0.05) is 32.5 Å². The van der Waals surface area contributed by atoms with Crippen LogP contribution in [0.5, 0.6) is 0 Å². The van der Waals surface area contributed by atoms with Gasteiger partial charge in [-0.1, -0.05) is 0 Å². The van der Waals surface area contributed by atoms with Crippen LogP contribution >= 0.6 is 0 Å². The smallest absolute Gasteiger partial charge is 0.251 e. The second kappa shape index (κ2) is 4.63. The molecule has 0 aromatic heterocycles. The minimum atomic E-state index is -2.60. The van der Waals surface area contributed by atoms with Crippen LogP contribution in [0.1, 0.15) is 12.8 Å². The molecule has 0 aliphatic carbocycles. The number of carbonyl (C=O) groups excluding carboxylic acids is 1. The average molecular weight is 234 g/mol. The van der Waals surface area contributed by atoms with Gasteiger partial charge in [-0.3, -0.25) is 4.79 Å². The zero-order valence-corrected chi connectivity index (χ0v) is 9.05. The second-order valence-electron chi connectivity index (χ2n) is 4.26. The molecule has 2 rings (SSSR count). The SMILES string of the molecule is O=C(C1COCCN1)N1CCC(F)(F)CC1. The van der Waals surface area contributed by atoms with Gasteiger partial charge in [0.1, 0.15) is 6.04 Å². The number of likely N-dealkylation sites (tertiary alicyclic amines) is 1. The van der Waals surface area contributed by atoms with E-state index in [1.165, 1.54) is 4.90 Å². The minimum Gasteiger partial charge on any atom is -0.378 e. The first-order chi connectivity index (χ1) is 7.58. The number of amides is 1. The lowest BCUT2D eigenvalue weighted by atomic mass is 10.1. The number of carbonyl (C=O) groups is 1. The summed E-state index contributed by atoms with van der Waals surface area (Å²) in [5.74, 6) is -2.72. The third kappa shape index (κ3) is 2.68. The van der Waals surface area contributed by atoms with E-state index in [0.29, 0.717) is 19.8 Å². The van der Waals surface area contributed by atoms with Gasteiger partial charge in [0.15, 0.2) is 0 Å². The second-order valence-corrected chi connectivity index (χ2v) is 4.26. The molecule has 0 bridgehead atoms. The summed E-state index contributed by atoms with van der Waals surface area (Å²) in [6.45, 7) is 1.86. The Morgan fingerprint density at radius 1 is 1.38 bits per heavy atom. The molecule has 0 aromatic rings. The highest BCUT2D eigenvalue weighted by Crippen LogP contribution is 2.27. The third-order valence-corrected chi connectivity index (χ3v) is 3.03. The number of alkyl halides is 2. The van der Waals surface area contributed by atoms with Gasteiger partial charge in [0.25, 0.3) is 5.92 Å². The van der Waals surface area contributed by atoms with E-state index in [4.69, 9.17) is 4.74 Å². The fraction of sp³-hybridized carbons (Fsp3) is 0.900. The molecule has 0 radical (unpaired) electrons. The predicted octanol–water partition coefficient (Wildman–Crippen LogP) is 0.233. The number of halogens is 2. The van der Waals surface area contributed by atoms with E-state index in [2.05, 4.69) is 5.32 Å². The van der Waals surface area contributed by atoms with E-state index in [1.807, 2.05) is 0 Å². The zero-order valence-electron chi connectivity index (χ0n) is 9.05. The van der Waals surface area contributed by atoms with Crippen molar-refractivity contribution in [2.75, 3.05) is 32.8 Å². The Kier molecular flexibility index (Phi) is 3.39. The summed E-state index contributed by atoms with van der Waals surface area (Å²) in [5.41, 5.74) is 0. The van der Waals surface area contributed by atoms with Crippen LogP contribution in [0, 0.1) is 0 Å². The van der Waals surface area contributed by atoms with Crippen molar-refractivity contribution in [2.45, 2.75) is 24.8 Å². The number of morpholine rings is 1. The van der Waals surface area contributed by atoms with Crippen molar-refractivity contribution in [3.8, 4) is 0 Å². The van der Waals surface area contributed by atoms with Crippen LogP contribution in [0.4, 0.5) is 8.78 Å². The number of nitrogens with one attached hydrogen (secondary N) is 1. The maximum atomic E-state index is 12.9. The standard InChI is InChI=1S/C10H16F2N2O2/c11-10(12)1-4-14(5-2-10)9(15)8-7-16-6-3-13-8/h8,13H,1-7H2. The van der Waals surface area contributed by atoms with Crippen LogP contribution in [-0.2, 0) is 9.53 Å². The maximum absolute atomic E-state index is 12.9. The number of ether oxygens (including phenoxy) is 1. The number of hydrogen-bond acceptors (Lipinski definition) is 3. The summed E-state index contributed by atoms with van der Waals surface area (Å²) in [4.78, 5) is 13.4. The van der Waals surface area contributed by atoms with Gasteiger partial charge in [0.05, 0.1) is 13.2 Å². The molecule has 2 heterocycles.